The second kappa shape index (κ2) is 40.5. The van der Waals surface area contributed by atoms with E-state index in [9.17, 15) is 60.3 Å². The van der Waals surface area contributed by atoms with Crippen molar-refractivity contribution >= 4 is 105 Å². The molecule has 7 aliphatic heterocycles. The average molecular weight is 1910 g/mol. The van der Waals surface area contributed by atoms with E-state index >= 15 is 24.0 Å². The highest BCUT2D eigenvalue weighted by atomic mass is 35.5. The number of carboxylic acid groups (broad SMARTS) is 1. The number of nitrogens with two attached hydrogens (primary N) is 1. The number of carbonyl (C=O) groups is 8. The predicted molar refractivity (Wildman–Crippen MR) is 494 cm³/mol. The van der Waals surface area contributed by atoms with Crippen LogP contribution in [0.2, 0.25) is 15.1 Å². The number of benzene rings is 10. The molecule has 33 nitrogen and oxygen atoms in total. The number of amides is 7. The standard InChI is InChI=1S/C97H96Cl3N10O23P/c1-47(2)35-65(102-5)89(120)109-80-82(115)53-28-33-69(63(99)37-53)129-71-39-55-40-72(130-70-34-29-54(38-64(70)100)83(116)81-94(125)108-79(95(126)127)62-41-57(111)42-68(113)76(62)61-36-52(27-32-67(61)112)77(91(122)110-81)107-92(123)78(55)106-90(121)66(43-74(101)114)105-93(80)124)86(71)133-96-87(132-75-44-97(4,88(119)48(3)128-75)103-45-49-21-23-50(24-22-49)51-25-30-56(98)31-26-51)85(118)84(117)73(131-96)46-104-134(58-15-9-6-10-16-58,59-17-11-7-12-18-59)60-19-13-8-14-20-60/h6-34,36-42,46-48,65-66,75,77-85,87-88,96,102-104,115-119H,35,43-45H2,1-5H3,(H11-,101,105,106,107,108,109,110,111,112,113,114,120,121,122,123,124,125,126,127)/p+1/t48?,65-,66-,75?,77+,78+,79+,80+,81-,82+,83+,84?,85?,87?,88?,96?,97?/m0/s1. The Hall–Kier alpha value is -13.0. The molecule has 7 amide bonds. The molecule has 17 atom stereocenters. The fourth-order valence-electron chi connectivity index (χ4n) is 17.0. The summed E-state index contributed by atoms with van der Waals surface area (Å²) >= 11 is 20.9. The molecule has 2 fully saturated rings. The first kappa shape index (κ1) is 95.6. The van der Waals surface area contributed by atoms with Gasteiger partial charge in [-0.15, -0.1) is 0 Å². The second-order valence-electron chi connectivity index (χ2n) is 33.8. The lowest BCUT2D eigenvalue weighted by atomic mass is 9.84. The number of hydrogen-bond acceptors (Lipinski definition) is 25. The lowest BCUT2D eigenvalue weighted by Crippen LogP contribution is -2.64. The Balaban J connectivity index is 0.942. The molecule has 10 aromatic carbocycles. The van der Waals surface area contributed by atoms with Crippen molar-refractivity contribution in [3.63, 3.8) is 0 Å². The molecule has 17 rings (SSSR count). The van der Waals surface area contributed by atoms with Crippen molar-refractivity contribution < 1.29 is 113 Å². The molecule has 698 valence electrons. The van der Waals surface area contributed by atoms with Gasteiger partial charge in [-0.3, -0.25) is 38.6 Å². The van der Waals surface area contributed by atoms with Crippen LogP contribution in [0.25, 0.3) is 22.3 Å². The van der Waals surface area contributed by atoms with Crippen molar-refractivity contribution in [2.75, 3.05) is 7.05 Å². The van der Waals surface area contributed by atoms with Crippen LogP contribution >= 0.6 is 42.2 Å². The monoisotopic (exact) mass is 1910 g/mol. The number of aliphatic carboxylic acids is 1. The zero-order valence-corrected chi connectivity index (χ0v) is 75.6. The van der Waals surface area contributed by atoms with Gasteiger partial charge in [0, 0.05) is 46.3 Å². The Kier molecular flexibility index (Phi) is 28.9. The molecule has 8 unspecified atom stereocenters. The summed E-state index contributed by atoms with van der Waals surface area (Å²) in [7, 11) is -1.68. The molecule has 0 radical (unpaired) electrons. The van der Waals surface area contributed by atoms with Gasteiger partial charge in [0.1, 0.15) is 99.3 Å². The van der Waals surface area contributed by atoms with Crippen LogP contribution in [-0.4, -0.2) is 173 Å². The molecule has 0 aliphatic carbocycles. The third-order valence-corrected chi connectivity index (χ3v) is 28.6. The molecule has 7 aliphatic rings. The number of likely N-dealkylation sites (N-methyl/N-ethyl adjacent to an activating group) is 1. The molecule has 10 aromatic rings. The van der Waals surface area contributed by atoms with E-state index in [2.05, 4.69) is 47.6 Å². The van der Waals surface area contributed by atoms with Gasteiger partial charge in [0.15, 0.2) is 43.1 Å². The topological polar surface area (TPSA) is 508 Å². The van der Waals surface area contributed by atoms with E-state index in [0.29, 0.717) is 5.02 Å². The van der Waals surface area contributed by atoms with Gasteiger partial charge in [0.25, 0.3) is 6.29 Å². The number of carbonyl (C=O) groups excluding carboxylic acids is 7. The number of primary amides is 1. The zero-order chi connectivity index (χ0) is 95.5. The van der Waals surface area contributed by atoms with E-state index in [1.165, 1.54) is 37.5 Å². The Morgan fingerprint density at radius 1 is 0.612 bits per heavy atom. The maximum atomic E-state index is 16.6. The van der Waals surface area contributed by atoms with Gasteiger partial charge in [-0.1, -0.05) is 158 Å². The number of phenolic OH excluding ortho intramolecular Hbond substituents is 3. The number of rotatable bonds is 21. The Labute approximate surface area is 783 Å². The van der Waals surface area contributed by atoms with Gasteiger partial charge >= 0.3 is 5.97 Å². The van der Waals surface area contributed by atoms with Gasteiger partial charge in [-0.25, -0.2) is 4.79 Å². The van der Waals surface area contributed by atoms with E-state index < -0.39 is 232 Å². The van der Waals surface area contributed by atoms with Crippen LogP contribution in [-0.2, 0) is 59.1 Å². The minimum Gasteiger partial charge on any atom is -0.508 e. The highest BCUT2D eigenvalue weighted by Gasteiger charge is 2.53. The number of aliphatic hydroxyl groups is 5. The molecule has 2 saturated heterocycles. The normalized spacial score (nSPS) is 24.8. The van der Waals surface area contributed by atoms with Crippen molar-refractivity contribution in [3.8, 4) is 68.2 Å². The second-order valence-corrected chi connectivity index (χ2v) is 38.2. The number of halogens is 3. The molecule has 11 bridgehead atoms. The number of aliphatic hydroxyl groups excluding tert-OH is 5. The SMILES string of the molecule is CN[C@@H](CC(C)C)C(=O)N[C@H]1C(=O)N[C@@H](CC(N)=O)C(=O)N[C@H]2C(=O)N[C@H]3C(=O)N[C@H](C(=O)N[C@@H](C(=O)O)c4cc(O)cc(O)c4-c4cc3ccc4O)[C@H](O)c3ccc(c(Cl)c3)Oc3cc2cc(c3OC2OC(=CN[P+](c3ccccc3)(c3ccccc3)c3ccccc3)C(O)C(O)C2OC2CC(C)(NCc3ccc(-c4ccc(Cl)cc4)cc3)C(O)C(C)O2)Oc2ccc(cc2Cl)[C@H]1O. The van der Waals surface area contributed by atoms with Gasteiger partial charge in [-0.2, -0.15) is 0 Å². The summed E-state index contributed by atoms with van der Waals surface area (Å²) in [6.07, 6.45) is -16.0. The Morgan fingerprint density at radius 3 is 1.74 bits per heavy atom. The number of carboxylic acids is 1. The first-order valence-electron chi connectivity index (χ1n) is 42.8. The van der Waals surface area contributed by atoms with Crippen LogP contribution in [0.3, 0.4) is 0 Å². The summed E-state index contributed by atoms with van der Waals surface area (Å²) in [6.45, 7) is 7.21. The molecular weight excluding hydrogens is 1810 g/mol. The summed E-state index contributed by atoms with van der Waals surface area (Å²) in [6, 6.07) is 43.0. The van der Waals surface area contributed by atoms with E-state index in [1.807, 2.05) is 141 Å². The van der Waals surface area contributed by atoms with Crippen molar-refractivity contribution in [2.45, 2.75) is 157 Å². The number of hydrogen-bond donors (Lipinski definition) is 19. The van der Waals surface area contributed by atoms with E-state index in [-0.39, 0.29) is 58.5 Å². The number of nitrogens with one attached hydrogen (secondary N) is 9. The van der Waals surface area contributed by atoms with E-state index in [1.54, 1.807) is 26.0 Å². The molecular formula is C97H97Cl3N10O23P+. The van der Waals surface area contributed by atoms with Crippen LogP contribution in [0.15, 0.2) is 230 Å². The summed E-state index contributed by atoms with van der Waals surface area (Å²) < 4.78 is 41.7. The smallest absolute Gasteiger partial charge is 0.330 e. The first-order chi connectivity index (χ1) is 64.1. The first-order valence-corrected chi connectivity index (χ1v) is 45.7. The fourth-order valence-corrected chi connectivity index (χ4v) is 21.1. The maximum absolute atomic E-state index is 16.6. The van der Waals surface area contributed by atoms with Gasteiger partial charge in [0.05, 0.1) is 40.9 Å². The van der Waals surface area contributed by atoms with Crippen molar-refractivity contribution in [3.05, 3.63) is 279 Å². The van der Waals surface area contributed by atoms with E-state index in [4.69, 9.17) is 69.0 Å². The van der Waals surface area contributed by atoms with Gasteiger partial charge in [-0.05, 0) is 175 Å². The largest absolute Gasteiger partial charge is 0.508 e. The van der Waals surface area contributed by atoms with Crippen molar-refractivity contribution in [2.24, 2.45) is 11.7 Å². The number of fused-ring (bicyclic) bond motifs is 15. The quantitative estimate of drug-likeness (QED) is 0.0301. The lowest BCUT2D eigenvalue weighted by molar-refractivity contribution is -0.309. The molecule has 134 heavy (non-hydrogen) atoms. The van der Waals surface area contributed by atoms with Crippen LogP contribution < -0.4 is 83.5 Å². The number of phenols is 3. The number of ether oxygens (including phenoxy) is 6. The Bertz CT molecular complexity index is 6040. The summed E-state index contributed by atoms with van der Waals surface area (Å²) in [5.41, 5.74) is 4.40. The van der Waals surface area contributed by atoms with Crippen molar-refractivity contribution in [1.29, 1.82) is 0 Å². The lowest BCUT2D eigenvalue weighted by Gasteiger charge is -2.48. The fraction of sp³-hybridized carbons (Fsp3) is 0.278. The van der Waals surface area contributed by atoms with Crippen LogP contribution in [0, 0.1) is 5.92 Å². The van der Waals surface area contributed by atoms with Crippen LogP contribution in [0.1, 0.15) is 111 Å². The minimum absolute atomic E-state index is 0.119. The molecule has 0 aromatic heterocycles. The molecule has 0 saturated carbocycles. The number of aromatic hydroxyl groups is 3. The third kappa shape index (κ3) is 20.4. The molecule has 7 heterocycles. The third-order valence-electron chi connectivity index (χ3n) is 24.0. The van der Waals surface area contributed by atoms with Crippen LogP contribution in [0.5, 0.6) is 46.0 Å². The summed E-state index contributed by atoms with van der Waals surface area (Å²) in [5, 5.41) is 136. The van der Waals surface area contributed by atoms with Crippen LogP contribution in [0.4, 0.5) is 0 Å². The minimum atomic E-state index is -3.17. The summed E-state index contributed by atoms with van der Waals surface area (Å²) in [4.78, 5) is 120. The highest BCUT2D eigenvalue weighted by molar-refractivity contribution is 7.94. The molecule has 37 heteroatoms. The highest BCUT2D eigenvalue weighted by Crippen LogP contribution is 2.54. The van der Waals surface area contributed by atoms with Crippen molar-refractivity contribution in [1.82, 2.24) is 47.6 Å². The maximum Gasteiger partial charge on any atom is 0.330 e. The molecule has 0 spiro atoms. The van der Waals surface area contributed by atoms with Gasteiger partial charge in [0.2, 0.25) is 47.1 Å². The Morgan fingerprint density at radius 2 is 1.17 bits per heavy atom. The predicted octanol–water partition coefficient (Wildman–Crippen LogP) is 8.24. The average Bonchev–Trinajstić information content (AvgIpc) is 0.755. The van der Waals surface area contributed by atoms with E-state index in [0.717, 1.165) is 87.2 Å². The zero-order valence-electron chi connectivity index (χ0n) is 72.4. The molecule has 20 N–H and O–H groups in total. The van der Waals surface area contributed by atoms with Gasteiger partial charge < -0.3 is 123 Å². The summed E-state index contributed by atoms with van der Waals surface area (Å²) in [5.74, 6) is -16.4.